The lowest BCUT2D eigenvalue weighted by Crippen LogP contribution is -2.42. The Balaban J connectivity index is 1.10. The molecule has 4 aliphatic carbocycles. The van der Waals surface area contributed by atoms with Gasteiger partial charge in [-0.1, -0.05) is 220 Å². The van der Waals surface area contributed by atoms with Crippen LogP contribution in [0.4, 0.5) is 0 Å². The number of rotatable bonds is 6. The highest BCUT2D eigenvalue weighted by molar-refractivity contribution is 6.92. The molecule has 17 rings (SSSR count). The molecule has 0 radical (unpaired) electrons. The van der Waals surface area contributed by atoms with Crippen LogP contribution in [0.2, 0.25) is 37.3 Å². The van der Waals surface area contributed by atoms with E-state index in [1.54, 1.807) is 21.5 Å². The third-order valence-corrected chi connectivity index (χ3v) is 31.9. The first kappa shape index (κ1) is 48.8. The molecule has 2 aliphatic heterocycles. The second-order valence-electron chi connectivity index (χ2n) is 27.2. The van der Waals surface area contributed by atoms with Crippen molar-refractivity contribution >= 4 is 64.6 Å². The highest BCUT2D eigenvalue weighted by Gasteiger charge is 2.52. The monoisotopic (exact) mass is 1080 g/mol. The molecule has 11 aromatic rings. The molecular weight excluding hydrogens is 1010 g/mol. The molecule has 0 N–H and O–H groups in total. The molecular formula is C76H73N3Si2. The van der Waals surface area contributed by atoms with Gasteiger partial charge in [0.05, 0.1) is 56.5 Å². The van der Waals surface area contributed by atoms with Crippen molar-refractivity contribution < 1.29 is 0 Å². The average molecular weight is 1080 g/mol. The number of fused-ring (bicyclic) bond motifs is 18. The third-order valence-electron chi connectivity index (χ3n) is 22.7. The zero-order chi connectivity index (χ0) is 54.3. The lowest BCUT2D eigenvalue weighted by Gasteiger charge is -2.29. The van der Waals surface area contributed by atoms with Gasteiger partial charge in [0, 0.05) is 43.5 Å². The first-order valence-corrected chi connectivity index (χ1v) is 37.1. The Morgan fingerprint density at radius 3 is 1.15 bits per heavy atom. The minimum absolute atomic E-state index is 0.120. The minimum Gasteiger partial charge on any atom is -0.305 e. The molecule has 4 aromatic heterocycles. The summed E-state index contributed by atoms with van der Waals surface area (Å²) in [5.41, 5.74) is 31.2. The van der Waals surface area contributed by atoms with Gasteiger partial charge in [0.2, 0.25) is 0 Å². The van der Waals surface area contributed by atoms with Gasteiger partial charge in [0.15, 0.2) is 0 Å². The first-order valence-electron chi connectivity index (χ1n) is 31.2. The van der Waals surface area contributed by atoms with Crippen molar-refractivity contribution in [1.82, 2.24) is 14.4 Å². The van der Waals surface area contributed by atoms with Crippen LogP contribution >= 0.6 is 0 Å². The number of aryl methyl sites for hydroxylation is 4. The van der Waals surface area contributed by atoms with Gasteiger partial charge in [-0.15, -0.1) is 0 Å². The highest BCUT2D eigenvalue weighted by atomic mass is 28.3. The summed E-state index contributed by atoms with van der Waals surface area (Å²) in [6, 6.07) is 56.3. The van der Waals surface area contributed by atoms with Gasteiger partial charge in [-0.05, 0) is 148 Å². The quantitative estimate of drug-likeness (QED) is 0.155. The van der Waals surface area contributed by atoms with E-state index < -0.39 is 16.1 Å². The Bertz CT molecular complexity index is 4160. The van der Waals surface area contributed by atoms with Crippen LogP contribution in [0.5, 0.6) is 0 Å². The molecule has 5 heteroatoms. The van der Waals surface area contributed by atoms with Crippen LogP contribution in [0, 0.1) is 27.7 Å². The Kier molecular flexibility index (Phi) is 10.4. The van der Waals surface area contributed by atoms with E-state index in [2.05, 4.69) is 185 Å². The van der Waals surface area contributed by atoms with Gasteiger partial charge < -0.3 is 4.40 Å². The summed E-state index contributed by atoms with van der Waals surface area (Å²) in [6.07, 6.45) is 19.7. The van der Waals surface area contributed by atoms with E-state index in [1.807, 2.05) is 0 Å². The summed E-state index contributed by atoms with van der Waals surface area (Å²) >= 11 is 0. The number of pyridine rings is 2. The second kappa shape index (κ2) is 17.3. The maximum absolute atomic E-state index is 6.01. The minimum atomic E-state index is -1.70. The number of nitrogens with zero attached hydrogens (tertiary/aromatic N) is 3. The maximum atomic E-state index is 6.01. The number of hydrogen-bond donors (Lipinski definition) is 0. The van der Waals surface area contributed by atoms with E-state index in [0.29, 0.717) is 0 Å². The van der Waals surface area contributed by atoms with Gasteiger partial charge >= 0.3 is 0 Å². The summed E-state index contributed by atoms with van der Waals surface area (Å²) < 4.78 is 2.72. The Hall–Kier alpha value is -6.93. The van der Waals surface area contributed by atoms with E-state index in [1.165, 1.54) is 214 Å². The number of hydrogen-bond acceptors (Lipinski definition) is 2. The number of benzene rings is 7. The predicted molar refractivity (Wildman–Crippen MR) is 347 cm³/mol. The van der Waals surface area contributed by atoms with Crippen molar-refractivity contribution in [2.45, 2.75) is 153 Å². The zero-order valence-electron chi connectivity index (χ0n) is 48.4. The fraction of sp³-hybridized carbons (Fsp3) is 0.316. The van der Waals surface area contributed by atoms with Crippen molar-refractivity contribution in [2.75, 3.05) is 0 Å². The molecule has 0 unspecified atom stereocenters. The number of aromatic nitrogens is 3. The van der Waals surface area contributed by atoms with Crippen molar-refractivity contribution in [2.24, 2.45) is 0 Å². The molecule has 4 fully saturated rings. The van der Waals surface area contributed by atoms with Gasteiger partial charge in [0.25, 0.3) is 0 Å². The van der Waals surface area contributed by atoms with Gasteiger partial charge in [-0.25, -0.2) is 0 Å². The summed E-state index contributed by atoms with van der Waals surface area (Å²) in [5, 5.41) is 8.86. The molecule has 2 spiro atoms. The van der Waals surface area contributed by atoms with E-state index in [4.69, 9.17) is 9.97 Å². The van der Waals surface area contributed by atoms with E-state index >= 15 is 0 Å². The third kappa shape index (κ3) is 6.46. The Labute approximate surface area is 480 Å². The smallest absolute Gasteiger partial charge is 0.0837 e. The van der Waals surface area contributed by atoms with Crippen LogP contribution in [0.15, 0.2) is 140 Å². The summed E-state index contributed by atoms with van der Waals surface area (Å²) in [7, 11) is -3.40. The van der Waals surface area contributed by atoms with Crippen LogP contribution in [-0.2, 0) is 10.8 Å². The summed E-state index contributed by atoms with van der Waals surface area (Å²) in [6.45, 7) is 14.8. The van der Waals surface area contributed by atoms with Crippen LogP contribution in [0.3, 0.4) is 0 Å². The van der Waals surface area contributed by atoms with Gasteiger partial charge in [-0.3, -0.25) is 9.97 Å². The molecule has 0 amide bonds. The average Bonchev–Trinajstić information content (AvgIpc) is 1.90. The topological polar surface area (TPSA) is 30.2 Å². The first-order chi connectivity index (χ1) is 39.5. The van der Waals surface area contributed by atoms with Crippen molar-refractivity contribution in [3.8, 4) is 66.8 Å². The predicted octanol–water partition coefficient (Wildman–Crippen LogP) is 19.4. The summed E-state index contributed by atoms with van der Waals surface area (Å²) in [4.78, 5) is 12.0. The lowest BCUT2D eigenvalue weighted by molar-refractivity contribution is 0.534. The Morgan fingerprint density at radius 2 is 0.765 bits per heavy atom. The lowest BCUT2D eigenvalue weighted by atomic mass is 9.78. The summed E-state index contributed by atoms with van der Waals surface area (Å²) in [5.74, 6) is 0. The molecule has 0 bridgehead atoms. The Morgan fingerprint density at radius 1 is 0.383 bits per heavy atom. The second-order valence-corrected chi connectivity index (χ2v) is 36.6. The van der Waals surface area contributed by atoms with E-state index in [0.717, 1.165) is 25.7 Å². The SMILES string of the molecule is Cc1cccc(C)c1-c1cc(-c2c(C)cccc2C)c2c3c4c(ncc3n3c5cnc6c(c5c1c23)-c1c(-c2ccccc2)cc([Si]2(C)CCCC2)cc1C61CCCC1)C1(CCCC1)c1cc([Si]2(C)CCCC2)cc(-c2ccccc2)c1-4. The highest BCUT2D eigenvalue weighted by Crippen LogP contribution is 2.65. The molecule has 3 nitrogen and oxygen atoms in total. The molecule has 6 aliphatic rings. The molecule has 7 aromatic carbocycles. The standard InChI is InChI=1S/C76H73N3Si2/c1-46-23-21-24-47(2)62(46)56-43-57(63-48(3)25-22-26-49(63)4)67-69-61(45-78-74-71(69)65-55(51-29-11-8-12-30-51)40-53(81(6)37-19-20-38-81)42-59(65)76(74)33-15-16-34-76)79-60-44-77-73-70(68(60)66(56)72(67)79)64-54(50-27-9-7-10-28-50)39-52(80(5)35-17-18-36-80)41-58(64)75(73)31-13-14-32-75/h7-12,21-30,39-45H,13-20,31-38H2,1-6H3. The fourth-order valence-electron chi connectivity index (χ4n) is 18.8. The van der Waals surface area contributed by atoms with Crippen LogP contribution in [0.25, 0.3) is 105 Å². The van der Waals surface area contributed by atoms with E-state index in [-0.39, 0.29) is 10.8 Å². The maximum Gasteiger partial charge on any atom is 0.0837 e. The molecule has 400 valence electrons. The fourth-order valence-corrected chi connectivity index (χ4v) is 26.5. The van der Waals surface area contributed by atoms with Crippen LogP contribution < -0.4 is 10.4 Å². The molecule has 6 heterocycles. The van der Waals surface area contributed by atoms with Crippen LogP contribution in [0.1, 0.15) is 122 Å². The van der Waals surface area contributed by atoms with Gasteiger partial charge in [-0.2, -0.15) is 0 Å². The molecule has 2 saturated heterocycles. The van der Waals surface area contributed by atoms with Crippen molar-refractivity contribution in [3.63, 3.8) is 0 Å². The normalized spacial score (nSPS) is 18.8. The van der Waals surface area contributed by atoms with E-state index in [9.17, 15) is 0 Å². The van der Waals surface area contributed by atoms with Crippen LogP contribution in [-0.4, -0.2) is 30.5 Å². The zero-order valence-corrected chi connectivity index (χ0v) is 50.4. The van der Waals surface area contributed by atoms with Crippen molar-refractivity contribution in [1.29, 1.82) is 0 Å². The van der Waals surface area contributed by atoms with Crippen molar-refractivity contribution in [3.05, 3.63) is 185 Å². The molecule has 81 heavy (non-hydrogen) atoms. The molecule has 0 atom stereocenters. The molecule has 2 saturated carbocycles. The van der Waals surface area contributed by atoms with Gasteiger partial charge in [0.1, 0.15) is 0 Å². The largest absolute Gasteiger partial charge is 0.305 e.